The second-order valence-electron chi connectivity index (χ2n) is 9.02. The number of halogens is 3. The van der Waals surface area contributed by atoms with Crippen molar-refractivity contribution in [2.24, 2.45) is 11.6 Å². The Balaban J connectivity index is 1.49. The van der Waals surface area contributed by atoms with E-state index in [2.05, 4.69) is 27.0 Å². The van der Waals surface area contributed by atoms with Crippen molar-refractivity contribution < 1.29 is 18.0 Å². The lowest BCUT2D eigenvalue weighted by Crippen LogP contribution is -2.44. The molecule has 0 bridgehead atoms. The molecular formula is C27H28F3N7O. The first-order valence-corrected chi connectivity index (χ1v) is 11.9. The predicted octanol–water partition coefficient (Wildman–Crippen LogP) is 2.88. The highest BCUT2D eigenvalue weighted by atomic mass is 19.4. The molecule has 3 heterocycles. The van der Waals surface area contributed by atoms with E-state index < -0.39 is 17.6 Å². The molecule has 5 N–H and O–H groups in total. The minimum atomic E-state index is -4.56. The Morgan fingerprint density at radius 1 is 1.13 bits per heavy atom. The molecule has 2 aliphatic heterocycles. The van der Waals surface area contributed by atoms with Crippen molar-refractivity contribution in [1.82, 2.24) is 19.8 Å². The van der Waals surface area contributed by atoms with E-state index in [-0.39, 0.29) is 29.1 Å². The molecule has 38 heavy (non-hydrogen) atoms. The van der Waals surface area contributed by atoms with Crippen molar-refractivity contribution in [3.63, 3.8) is 0 Å². The van der Waals surface area contributed by atoms with Gasteiger partial charge in [-0.15, -0.1) is 0 Å². The van der Waals surface area contributed by atoms with Crippen LogP contribution < -0.4 is 16.9 Å². The number of nitrogens with two attached hydrogens (primary N) is 2. The van der Waals surface area contributed by atoms with Gasteiger partial charge in [-0.2, -0.15) is 13.2 Å². The molecule has 1 aromatic carbocycles. The second kappa shape index (κ2) is 11.5. The molecule has 0 saturated carbocycles. The molecule has 2 aromatic rings. The maximum Gasteiger partial charge on any atom is 0.416 e. The molecule has 8 nitrogen and oxygen atoms in total. The smallest absolute Gasteiger partial charge is 0.390 e. The molecular weight excluding hydrogens is 495 g/mol. The number of hydrogen-bond donors (Lipinski definition) is 3. The van der Waals surface area contributed by atoms with Crippen LogP contribution in [-0.4, -0.2) is 58.9 Å². The highest BCUT2D eigenvalue weighted by molar-refractivity contribution is 6.04. The van der Waals surface area contributed by atoms with E-state index in [0.717, 1.165) is 19.2 Å². The molecule has 11 heteroatoms. The largest absolute Gasteiger partial charge is 0.416 e. The summed E-state index contributed by atoms with van der Waals surface area (Å²) in [6.45, 7) is 3.18. The lowest BCUT2D eigenvalue weighted by atomic mass is 10.0. The number of hydrogen-bond acceptors (Lipinski definition) is 7. The number of anilines is 1. The summed E-state index contributed by atoms with van der Waals surface area (Å²) in [5.41, 5.74) is 6.73. The number of piperazine rings is 1. The Hall–Kier alpha value is -4.11. The average Bonchev–Trinajstić information content (AvgIpc) is 2.89. The quantitative estimate of drug-likeness (QED) is 0.418. The Morgan fingerprint density at radius 3 is 2.61 bits per heavy atom. The van der Waals surface area contributed by atoms with Crippen molar-refractivity contribution in [2.75, 3.05) is 38.5 Å². The number of hydrazine groups is 1. The Bertz CT molecular complexity index is 1350. The molecule has 0 aliphatic carbocycles. The van der Waals surface area contributed by atoms with Crippen molar-refractivity contribution in [3.8, 4) is 11.8 Å². The lowest BCUT2D eigenvalue weighted by Gasteiger charge is -2.33. The molecule has 2 aliphatic rings. The SMILES string of the molecule is CN1CCN(Cc2ccc(NC(=O)c3cncc(C#C/C(N)=C4\C=CC=CN4N)c3)cc2C(F)(F)F)CC1. The van der Waals surface area contributed by atoms with Crippen LogP contribution in [-0.2, 0) is 12.7 Å². The molecule has 1 aromatic heterocycles. The fourth-order valence-corrected chi connectivity index (χ4v) is 4.03. The molecule has 1 saturated heterocycles. The summed E-state index contributed by atoms with van der Waals surface area (Å²) in [4.78, 5) is 21.0. The van der Waals surface area contributed by atoms with E-state index in [1.165, 1.54) is 35.6 Å². The third-order valence-corrected chi connectivity index (χ3v) is 6.17. The van der Waals surface area contributed by atoms with Gasteiger partial charge in [0.15, 0.2) is 0 Å². The maximum atomic E-state index is 13.9. The first-order valence-electron chi connectivity index (χ1n) is 11.9. The number of benzene rings is 1. The minimum Gasteiger partial charge on any atom is -0.390 e. The number of carbonyl (C=O) groups excluding carboxylic acids is 1. The van der Waals surface area contributed by atoms with Gasteiger partial charge in [0.25, 0.3) is 5.91 Å². The number of carbonyl (C=O) groups is 1. The summed E-state index contributed by atoms with van der Waals surface area (Å²) in [6.07, 6.45) is 5.05. The lowest BCUT2D eigenvalue weighted by molar-refractivity contribution is -0.138. The van der Waals surface area contributed by atoms with Crippen LogP contribution in [0.3, 0.4) is 0 Å². The normalized spacial score (nSPS) is 17.7. The second-order valence-corrected chi connectivity index (χ2v) is 9.02. The summed E-state index contributed by atoms with van der Waals surface area (Å²) in [5, 5.41) is 3.87. The number of likely N-dealkylation sites (N-methyl/N-ethyl adjacent to an activating group) is 1. The first kappa shape index (κ1) is 26.9. The number of nitrogens with one attached hydrogen (secondary N) is 1. The summed E-state index contributed by atoms with van der Waals surface area (Å²) < 4.78 is 41.6. The highest BCUT2D eigenvalue weighted by Gasteiger charge is 2.34. The predicted molar refractivity (Wildman–Crippen MR) is 139 cm³/mol. The molecule has 1 fully saturated rings. The van der Waals surface area contributed by atoms with Crippen molar-refractivity contribution >= 4 is 11.6 Å². The topological polar surface area (TPSA) is 104 Å². The molecule has 0 radical (unpaired) electrons. The molecule has 0 spiro atoms. The molecule has 198 valence electrons. The fourth-order valence-electron chi connectivity index (χ4n) is 4.03. The fraction of sp³-hybridized carbons (Fsp3) is 0.259. The molecule has 0 unspecified atom stereocenters. The summed E-state index contributed by atoms with van der Waals surface area (Å²) >= 11 is 0. The van der Waals surface area contributed by atoms with Crippen LogP contribution in [0.4, 0.5) is 18.9 Å². The van der Waals surface area contributed by atoms with Gasteiger partial charge in [0.1, 0.15) is 5.70 Å². The van der Waals surface area contributed by atoms with Gasteiger partial charge < -0.3 is 16.0 Å². The number of amides is 1. The molecule has 1 amide bonds. The highest BCUT2D eigenvalue weighted by Crippen LogP contribution is 2.34. The third-order valence-electron chi connectivity index (χ3n) is 6.17. The number of allylic oxidation sites excluding steroid dienone is 4. The van der Waals surface area contributed by atoms with E-state index in [1.807, 2.05) is 11.9 Å². The number of alkyl halides is 3. The Kier molecular flexibility index (Phi) is 8.16. The van der Waals surface area contributed by atoms with Gasteiger partial charge in [0.05, 0.1) is 16.8 Å². The summed E-state index contributed by atoms with van der Waals surface area (Å²) in [5.74, 6) is 10.8. The number of nitrogens with zero attached hydrogens (tertiary/aromatic N) is 4. The van der Waals surface area contributed by atoms with Gasteiger partial charge in [-0.05, 0) is 48.9 Å². The van der Waals surface area contributed by atoms with Crippen LogP contribution in [0.15, 0.2) is 72.5 Å². The van der Waals surface area contributed by atoms with Crippen molar-refractivity contribution in [2.45, 2.75) is 12.7 Å². The maximum absolute atomic E-state index is 13.9. The van der Waals surface area contributed by atoms with Gasteiger partial charge in [0, 0.05) is 62.6 Å². The van der Waals surface area contributed by atoms with Gasteiger partial charge in [-0.1, -0.05) is 18.1 Å². The Morgan fingerprint density at radius 2 is 1.89 bits per heavy atom. The van der Waals surface area contributed by atoms with Gasteiger partial charge in [0.2, 0.25) is 0 Å². The van der Waals surface area contributed by atoms with Gasteiger partial charge in [-0.3, -0.25) is 19.7 Å². The van der Waals surface area contributed by atoms with Crippen LogP contribution in [0.1, 0.15) is 27.0 Å². The van der Waals surface area contributed by atoms with E-state index in [1.54, 1.807) is 24.4 Å². The standard InChI is InChI=1S/C27H28F3N7O/c1-35-10-12-36(13-11-35)18-20-6-7-22(15-23(20)27(28,29)30)34-26(38)21-14-19(16-33-17-21)5-8-24(31)25-4-2-3-9-37(25)32/h2-4,6-7,9,14-17H,10-13,18,31-32H2,1H3,(H,34,38)/b25-24-. The summed E-state index contributed by atoms with van der Waals surface area (Å²) in [7, 11) is 1.99. The third kappa shape index (κ3) is 6.80. The van der Waals surface area contributed by atoms with Crippen molar-refractivity contribution in [1.29, 1.82) is 0 Å². The van der Waals surface area contributed by atoms with E-state index in [9.17, 15) is 18.0 Å². The van der Waals surface area contributed by atoms with E-state index >= 15 is 0 Å². The van der Waals surface area contributed by atoms with Crippen LogP contribution in [0.25, 0.3) is 0 Å². The van der Waals surface area contributed by atoms with Gasteiger partial charge in [-0.25, -0.2) is 5.84 Å². The monoisotopic (exact) mass is 523 g/mol. The minimum absolute atomic E-state index is 0.0371. The number of aromatic nitrogens is 1. The summed E-state index contributed by atoms with van der Waals surface area (Å²) in [6, 6.07) is 5.35. The van der Waals surface area contributed by atoms with Crippen LogP contribution in [0.2, 0.25) is 0 Å². The molecule has 0 atom stereocenters. The zero-order chi connectivity index (χ0) is 27.3. The Labute approximate surface area is 219 Å². The van der Waals surface area contributed by atoms with Crippen molar-refractivity contribution in [3.05, 3.63) is 94.7 Å². The van der Waals surface area contributed by atoms with E-state index in [4.69, 9.17) is 11.6 Å². The average molecular weight is 524 g/mol. The zero-order valence-electron chi connectivity index (χ0n) is 20.8. The van der Waals surface area contributed by atoms with Crippen LogP contribution in [0, 0.1) is 11.8 Å². The first-order chi connectivity index (χ1) is 18.1. The zero-order valence-corrected chi connectivity index (χ0v) is 20.8. The van der Waals surface area contributed by atoms with E-state index in [0.29, 0.717) is 24.4 Å². The van der Waals surface area contributed by atoms with Crippen LogP contribution in [0.5, 0.6) is 0 Å². The molecule has 4 rings (SSSR count). The number of pyridine rings is 1. The van der Waals surface area contributed by atoms with Crippen LogP contribution >= 0.6 is 0 Å². The number of rotatable bonds is 4. The van der Waals surface area contributed by atoms with Gasteiger partial charge >= 0.3 is 6.18 Å².